The molecule has 2 aliphatic rings. The fourth-order valence-electron chi connectivity index (χ4n) is 7.86. The monoisotopic (exact) mass is 1250 g/mol. The van der Waals surface area contributed by atoms with E-state index in [9.17, 15) is 56.0 Å². The summed E-state index contributed by atoms with van der Waals surface area (Å²) in [7, 11) is 2.00. The summed E-state index contributed by atoms with van der Waals surface area (Å²) in [5.74, 6) is -5.19. The summed E-state index contributed by atoms with van der Waals surface area (Å²) in [4.78, 5) is 41.2. The van der Waals surface area contributed by atoms with Crippen molar-refractivity contribution in [1.29, 1.82) is 0 Å². The Bertz CT molecular complexity index is 3140. The molecular weight excluding hydrogens is 1200 g/mol. The van der Waals surface area contributed by atoms with Gasteiger partial charge in [0.1, 0.15) is 17.0 Å². The summed E-state index contributed by atoms with van der Waals surface area (Å²) in [6.45, 7) is 9.73. The molecule has 0 saturated heterocycles. The molecule has 406 valence electrons. The van der Waals surface area contributed by atoms with Crippen molar-refractivity contribution < 1.29 is 110 Å². The number of nitrogens with one attached hydrogen (secondary N) is 2. The Morgan fingerprint density at radius 2 is 1.21 bits per heavy atom. The quantitative estimate of drug-likeness (QED) is 0.0331. The van der Waals surface area contributed by atoms with Crippen LogP contribution in [0.1, 0.15) is 77.1 Å². The average Bonchev–Trinajstić information content (AvgIpc) is 4.34. The second-order valence-corrected chi connectivity index (χ2v) is 17.8. The van der Waals surface area contributed by atoms with Crippen molar-refractivity contribution in [2.45, 2.75) is 45.6 Å². The number of ketones is 2. The summed E-state index contributed by atoms with van der Waals surface area (Å²) < 4.78 is 77.0. The second kappa shape index (κ2) is 27.5. The van der Waals surface area contributed by atoms with E-state index in [0.717, 1.165) is 94.6 Å². The Morgan fingerprint density at radius 1 is 0.714 bits per heavy atom. The first-order valence-electron chi connectivity index (χ1n) is 22.7. The predicted octanol–water partition coefficient (Wildman–Crippen LogP) is 9.37. The number of aliphatic hydroxyl groups excluding tert-OH is 2. The van der Waals surface area contributed by atoms with Crippen LogP contribution in [0.3, 0.4) is 0 Å². The van der Waals surface area contributed by atoms with Crippen LogP contribution < -0.4 is 30.7 Å². The summed E-state index contributed by atoms with van der Waals surface area (Å²) in [6, 6.07) is 30.4. The van der Waals surface area contributed by atoms with E-state index < -0.39 is 41.0 Å². The summed E-state index contributed by atoms with van der Waals surface area (Å²) in [5.41, 5.74) is 6.75. The molecule has 1 spiro atoms. The molecule has 0 radical (unpaired) electrons. The number of allylic oxidation sites excluding steroid dienone is 4. The van der Waals surface area contributed by atoms with Gasteiger partial charge in [0.25, 0.3) is 5.91 Å². The number of thiophene rings is 2. The Hall–Kier alpha value is -6.76. The first-order valence-corrected chi connectivity index (χ1v) is 24.4. The van der Waals surface area contributed by atoms with E-state index in [4.69, 9.17) is 20.1 Å². The number of aryl methyl sites for hydroxylation is 2. The number of hydrazone groups is 1. The van der Waals surface area contributed by atoms with Crippen molar-refractivity contribution in [3.8, 4) is 17.2 Å². The van der Waals surface area contributed by atoms with Gasteiger partial charge < -0.3 is 40.9 Å². The first-order chi connectivity index (χ1) is 36.2. The van der Waals surface area contributed by atoms with E-state index in [0.29, 0.717) is 28.3 Å². The van der Waals surface area contributed by atoms with E-state index in [2.05, 4.69) is 55.4 Å². The number of ether oxygens (including phenoxy) is 1. The second-order valence-electron chi connectivity index (χ2n) is 15.9. The number of anilines is 2. The number of para-hydroxylation sites is 1. The van der Waals surface area contributed by atoms with Crippen molar-refractivity contribution in [3.63, 3.8) is 0 Å². The molecule has 0 saturated carbocycles. The molecule has 2 aliphatic heterocycles. The Labute approximate surface area is 477 Å². The smallest absolute Gasteiger partial charge is 0.871 e. The Morgan fingerprint density at radius 3 is 1.66 bits per heavy atom. The number of hydrogen-bond donors (Lipinski definition) is 4. The topological polar surface area (TPSA) is 223 Å². The third-order valence-electron chi connectivity index (χ3n) is 11.1. The number of rotatable bonds is 10. The van der Waals surface area contributed by atoms with Gasteiger partial charge in [-0.15, -0.1) is 22.7 Å². The van der Waals surface area contributed by atoms with Crippen LogP contribution in [0.5, 0.6) is 17.2 Å². The van der Waals surface area contributed by atoms with Crippen LogP contribution in [0.25, 0.3) is 10.9 Å². The van der Waals surface area contributed by atoms with E-state index >= 15 is 0 Å². The zero-order valence-corrected chi connectivity index (χ0v) is 45.4. The van der Waals surface area contributed by atoms with Crippen molar-refractivity contribution in [2.24, 2.45) is 5.10 Å². The molecule has 3 aromatic heterocycles. The number of nitrogens with zero attached hydrogens (tertiary/aromatic N) is 3. The van der Waals surface area contributed by atoms with Gasteiger partial charge in [-0.25, -0.2) is 9.99 Å². The van der Waals surface area contributed by atoms with Crippen molar-refractivity contribution >= 4 is 68.6 Å². The van der Waals surface area contributed by atoms with Gasteiger partial charge in [0.15, 0.2) is 11.6 Å². The molecule has 77 heavy (non-hydrogen) atoms. The van der Waals surface area contributed by atoms with E-state index in [1.54, 1.807) is 34.1 Å². The molecular formula is C54H48F6N5O9S2Tb. The number of amides is 1. The van der Waals surface area contributed by atoms with Crippen molar-refractivity contribution in [1.82, 2.24) is 9.99 Å². The number of alkyl halides is 6. The van der Waals surface area contributed by atoms with Crippen LogP contribution >= 0.6 is 22.7 Å². The first kappa shape index (κ1) is 62.8. The number of aromatic nitrogens is 1. The minimum absolute atomic E-state index is 0. The molecule has 1 amide bonds. The fourth-order valence-corrected chi connectivity index (χ4v) is 9.14. The maximum absolute atomic E-state index is 14.4. The maximum Gasteiger partial charge on any atom is 3.00 e. The number of pyridine rings is 1. The molecule has 9 rings (SSSR count). The van der Waals surface area contributed by atoms with Gasteiger partial charge in [-0.05, 0) is 115 Å². The van der Waals surface area contributed by atoms with Gasteiger partial charge in [0, 0.05) is 73.1 Å². The summed E-state index contributed by atoms with van der Waals surface area (Å²) >= 11 is 1.97. The van der Waals surface area contributed by atoms with Gasteiger partial charge >= 0.3 is 51.0 Å². The van der Waals surface area contributed by atoms with Crippen LogP contribution in [-0.2, 0) is 5.54 Å². The molecule has 4 aromatic carbocycles. The van der Waals surface area contributed by atoms with E-state index in [-0.39, 0.29) is 72.2 Å². The number of carbonyl (C=O) groups excluding carboxylic acids is 3. The Kier molecular flexibility index (Phi) is 22.4. The number of aliphatic hydroxyl groups is 2. The number of fused-ring (bicyclic) bond motifs is 7. The molecule has 14 nitrogen and oxygen atoms in total. The fraction of sp³-hybridized carbons (Fsp3) is 0.204. The third-order valence-corrected chi connectivity index (χ3v) is 12.8. The standard InChI is InChI=1S/C36H33N5O3.2C8H5F3O2S.2CH4O.Tb/c1-5-37-29-18-32-27(16-21(29)3)36(28-17-22(4)30(38-6-2)19-33(28)44-32)26-12-8-7-11-25(26)35(43)41(36)39-20-24-15-14-23-10-9-13-31(42)34(23)40-24;2*9-8(10,11)7(13)4-5(12)6-2-1-3-14-6;2*1-2;/h7-20,37-38,42H,5-6H2,1-4H3;2*1-4,13H;2*2H,1H3;/q;;;;;+3/p-3/b39-20+;2*7-4-;;;. The van der Waals surface area contributed by atoms with E-state index in [1.165, 1.54) is 30.3 Å². The van der Waals surface area contributed by atoms with Gasteiger partial charge in [-0.3, -0.25) is 14.4 Å². The normalized spacial score (nSPS) is 13.1. The minimum atomic E-state index is -4.98. The van der Waals surface area contributed by atoms with Gasteiger partial charge in [-0.1, -0.05) is 60.3 Å². The van der Waals surface area contributed by atoms with Gasteiger partial charge in [0.2, 0.25) is 0 Å². The molecule has 0 aliphatic carbocycles. The van der Waals surface area contributed by atoms with Crippen LogP contribution in [0.4, 0.5) is 37.7 Å². The van der Waals surface area contributed by atoms with Crippen molar-refractivity contribution in [2.75, 3.05) is 37.9 Å². The van der Waals surface area contributed by atoms with Crippen molar-refractivity contribution in [3.05, 3.63) is 186 Å². The van der Waals surface area contributed by atoms with Gasteiger partial charge in [0.05, 0.1) is 27.2 Å². The SMILES string of the molecule is CCNc1cc2c(cc1C)C1(c3cc(C)c(NCC)cc3O2)c2ccccc2C(=O)N1/N=C/c1ccc2cccc([O-])c2n1.CO.CO.O=C(/C=C(\[O-])C(F)(F)F)c1cccs1.O=C(/C=C(\[O-])C(F)(F)F)c1cccs1.[Tb+3]. The van der Waals surface area contributed by atoms with Crippen LogP contribution in [0, 0.1) is 52.5 Å². The zero-order valence-electron chi connectivity index (χ0n) is 41.6. The zero-order chi connectivity index (χ0) is 56.1. The van der Waals surface area contributed by atoms with Crippen LogP contribution in [-0.4, -0.2) is 83.6 Å². The summed E-state index contributed by atoms with van der Waals surface area (Å²) in [6.07, 6.45) is -8.27. The van der Waals surface area contributed by atoms with E-state index in [1.807, 2.05) is 48.5 Å². The molecule has 4 N–H and O–H groups in total. The molecule has 0 unspecified atom stereocenters. The number of benzene rings is 4. The third kappa shape index (κ3) is 14.2. The Balaban J connectivity index is 0.000000318. The average molecular weight is 1250 g/mol. The molecule has 0 bridgehead atoms. The number of hydrogen-bond acceptors (Lipinski definition) is 15. The molecule has 7 aromatic rings. The predicted molar refractivity (Wildman–Crippen MR) is 274 cm³/mol. The molecule has 5 heterocycles. The largest absolute Gasteiger partial charge is 3.00 e. The van der Waals surface area contributed by atoms with Gasteiger partial charge in [-0.2, -0.15) is 31.4 Å². The molecule has 0 fully saturated rings. The molecule has 0 atom stereocenters. The number of halogens is 6. The minimum Gasteiger partial charge on any atom is -0.871 e. The molecule has 23 heteroatoms. The van der Waals surface area contributed by atoms with Crippen LogP contribution in [0.2, 0.25) is 0 Å². The van der Waals surface area contributed by atoms with Crippen LogP contribution in [0.15, 0.2) is 143 Å². The summed E-state index contributed by atoms with van der Waals surface area (Å²) in [5, 5.41) is 64.4. The maximum atomic E-state index is 14.4. The number of carbonyl (C=O) groups is 3.